The van der Waals surface area contributed by atoms with Crippen LogP contribution in [0.3, 0.4) is 0 Å². The second-order valence-corrected chi connectivity index (χ2v) is 4.99. The lowest BCUT2D eigenvalue weighted by atomic mass is 10.0. The topological polar surface area (TPSA) is 50.4 Å². The Bertz CT molecular complexity index is 353. The second kappa shape index (κ2) is 6.14. The molecule has 1 aliphatic heterocycles. The van der Waals surface area contributed by atoms with Crippen molar-refractivity contribution in [3.63, 3.8) is 0 Å². The second-order valence-electron chi connectivity index (χ2n) is 4.21. The number of carbonyl (C=O) groups is 1. The van der Waals surface area contributed by atoms with Crippen molar-refractivity contribution in [1.82, 2.24) is 5.32 Å². The zero-order chi connectivity index (χ0) is 12.1. The van der Waals surface area contributed by atoms with Crippen LogP contribution in [-0.2, 0) is 9.53 Å². The molecule has 2 rings (SSSR count). The number of amides is 1. The maximum absolute atomic E-state index is 12.1. The van der Waals surface area contributed by atoms with Gasteiger partial charge in [0.25, 0.3) is 0 Å². The molecule has 2 heterocycles. The molecule has 0 bridgehead atoms. The number of hydrogen-bond acceptors (Lipinski definition) is 4. The minimum absolute atomic E-state index is 0.0505. The largest absolute Gasteiger partial charge is 0.379 e. The zero-order valence-corrected chi connectivity index (χ0v) is 10.8. The highest BCUT2D eigenvalue weighted by Crippen LogP contribution is 2.18. The lowest BCUT2D eigenvalue weighted by Crippen LogP contribution is -2.41. The first-order valence-corrected chi connectivity index (χ1v) is 6.89. The molecule has 0 radical (unpaired) electrons. The summed E-state index contributed by atoms with van der Waals surface area (Å²) < 4.78 is 5.39. The minimum atomic E-state index is -0.0820. The summed E-state index contributed by atoms with van der Waals surface area (Å²) in [7, 11) is 0. The van der Waals surface area contributed by atoms with Crippen LogP contribution in [-0.4, -0.2) is 31.7 Å². The van der Waals surface area contributed by atoms with Crippen molar-refractivity contribution < 1.29 is 9.53 Å². The molecule has 0 saturated carbocycles. The molecule has 2 atom stereocenters. The van der Waals surface area contributed by atoms with Crippen molar-refractivity contribution in [2.45, 2.75) is 19.4 Å². The molecule has 1 aliphatic rings. The van der Waals surface area contributed by atoms with Crippen LogP contribution in [0.1, 0.15) is 13.3 Å². The lowest BCUT2D eigenvalue weighted by molar-refractivity contribution is -0.120. The molecule has 4 nitrogen and oxygen atoms in total. The molecule has 0 aromatic carbocycles. The Kier molecular flexibility index (Phi) is 4.53. The lowest BCUT2D eigenvalue weighted by Gasteiger charge is -2.17. The quantitative estimate of drug-likeness (QED) is 0.841. The molecule has 1 fully saturated rings. The van der Waals surface area contributed by atoms with E-state index >= 15 is 0 Å². The van der Waals surface area contributed by atoms with Crippen molar-refractivity contribution in [2.75, 3.05) is 25.1 Å². The summed E-state index contributed by atoms with van der Waals surface area (Å²) in [6.45, 7) is 4.18. The first-order chi connectivity index (χ1) is 8.31. The third kappa shape index (κ3) is 3.28. The van der Waals surface area contributed by atoms with E-state index in [2.05, 4.69) is 17.6 Å². The number of thiophene rings is 1. The van der Waals surface area contributed by atoms with Gasteiger partial charge in [-0.25, -0.2) is 0 Å². The monoisotopic (exact) mass is 254 g/mol. The summed E-state index contributed by atoms with van der Waals surface area (Å²) >= 11 is 1.58. The van der Waals surface area contributed by atoms with Gasteiger partial charge in [0.15, 0.2) is 0 Å². The molecule has 1 aromatic heterocycles. The van der Waals surface area contributed by atoms with Crippen LogP contribution in [0.25, 0.3) is 0 Å². The van der Waals surface area contributed by atoms with Gasteiger partial charge in [0.2, 0.25) is 5.91 Å². The summed E-state index contributed by atoms with van der Waals surface area (Å²) in [5.41, 5.74) is 0.876. The van der Waals surface area contributed by atoms with Gasteiger partial charge in [0.05, 0.1) is 24.8 Å². The first kappa shape index (κ1) is 12.5. The number of hydrogen-bond donors (Lipinski definition) is 2. The molecule has 0 aliphatic carbocycles. The molecule has 17 heavy (non-hydrogen) atoms. The van der Waals surface area contributed by atoms with Crippen molar-refractivity contribution in [3.8, 4) is 0 Å². The third-order valence-electron chi connectivity index (χ3n) is 2.86. The molecule has 1 aromatic rings. The van der Waals surface area contributed by atoms with Crippen LogP contribution in [0.5, 0.6) is 0 Å². The normalized spacial score (nSPS) is 23.8. The van der Waals surface area contributed by atoms with Crippen LogP contribution in [0.15, 0.2) is 16.8 Å². The van der Waals surface area contributed by atoms with Gasteiger partial charge in [0, 0.05) is 11.4 Å². The molecule has 2 unspecified atom stereocenters. The van der Waals surface area contributed by atoms with E-state index in [1.54, 1.807) is 11.3 Å². The Labute approximate surface area is 105 Å². The molecule has 1 amide bonds. The SMILES string of the molecule is CCCNC1COCC1C(=O)Nc1ccsc1. The molecule has 5 heteroatoms. The van der Waals surface area contributed by atoms with Crippen molar-refractivity contribution >= 4 is 22.9 Å². The fourth-order valence-electron chi connectivity index (χ4n) is 1.91. The van der Waals surface area contributed by atoms with Crippen LogP contribution in [0.4, 0.5) is 5.69 Å². The number of anilines is 1. The van der Waals surface area contributed by atoms with E-state index in [0.717, 1.165) is 18.7 Å². The Morgan fingerprint density at radius 1 is 1.59 bits per heavy atom. The van der Waals surface area contributed by atoms with E-state index in [0.29, 0.717) is 13.2 Å². The summed E-state index contributed by atoms with van der Waals surface area (Å²) in [5, 5.41) is 10.2. The predicted molar refractivity (Wildman–Crippen MR) is 69.3 cm³/mol. The summed E-state index contributed by atoms with van der Waals surface area (Å²) in [6, 6.07) is 2.06. The predicted octanol–water partition coefficient (Wildman–Crippen LogP) is 1.70. The molecule has 0 spiro atoms. The van der Waals surface area contributed by atoms with Gasteiger partial charge < -0.3 is 15.4 Å². The van der Waals surface area contributed by atoms with Gasteiger partial charge in [-0.15, -0.1) is 0 Å². The average molecular weight is 254 g/mol. The van der Waals surface area contributed by atoms with Gasteiger partial charge in [-0.3, -0.25) is 4.79 Å². The molecule has 2 N–H and O–H groups in total. The first-order valence-electron chi connectivity index (χ1n) is 5.95. The Balaban J connectivity index is 1.89. The highest BCUT2D eigenvalue weighted by Gasteiger charge is 2.33. The van der Waals surface area contributed by atoms with Crippen LogP contribution >= 0.6 is 11.3 Å². The van der Waals surface area contributed by atoms with Crippen molar-refractivity contribution in [2.24, 2.45) is 5.92 Å². The summed E-state index contributed by atoms with van der Waals surface area (Å²) in [5.74, 6) is -0.0315. The fraction of sp³-hybridized carbons (Fsp3) is 0.583. The summed E-state index contributed by atoms with van der Waals surface area (Å²) in [4.78, 5) is 12.1. The standard InChI is InChI=1S/C12H18N2O2S/c1-2-4-13-11-7-16-6-10(11)12(15)14-9-3-5-17-8-9/h3,5,8,10-11,13H,2,4,6-7H2,1H3,(H,14,15). The number of carbonyl (C=O) groups excluding carboxylic acids is 1. The number of nitrogens with one attached hydrogen (secondary N) is 2. The van der Waals surface area contributed by atoms with Gasteiger partial charge in [-0.1, -0.05) is 6.92 Å². The van der Waals surface area contributed by atoms with Gasteiger partial charge >= 0.3 is 0 Å². The zero-order valence-electron chi connectivity index (χ0n) is 9.94. The maximum Gasteiger partial charge on any atom is 0.231 e. The Morgan fingerprint density at radius 2 is 2.47 bits per heavy atom. The molecular formula is C12H18N2O2S. The third-order valence-corrected chi connectivity index (χ3v) is 3.55. The fourth-order valence-corrected chi connectivity index (χ4v) is 2.50. The highest BCUT2D eigenvalue weighted by molar-refractivity contribution is 7.08. The van der Waals surface area contributed by atoms with Gasteiger partial charge in [-0.05, 0) is 24.4 Å². The van der Waals surface area contributed by atoms with Crippen LogP contribution < -0.4 is 10.6 Å². The van der Waals surface area contributed by atoms with E-state index < -0.39 is 0 Å². The van der Waals surface area contributed by atoms with Crippen LogP contribution in [0, 0.1) is 5.92 Å². The van der Waals surface area contributed by atoms with Crippen LogP contribution in [0.2, 0.25) is 0 Å². The molecule has 94 valence electrons. The highest BCUT2D eigenvalue weighted by atomic mass is 32.1. The summed E-state index contributed by atoms with van der Waals surface area (Å²) in [6.07, 6.45) is 1.06. The van der Waals surface area contributed by atoms with E-state index in [-0.39, 0.29) is 17.9 Å². The van der Waals surface area contributed by atoms with E-state index in [9.17, 15) is 4.79 Å². The average Bonchev–Trinajstić information content (AvgIpc) is 2.96. The van der Waals surface area contributed by atoms with E-state index in [1.807, 2.05) is 16.8 Å². The number of ether oxygens (including phenoxy) is 1. The Morgan fingerprint density at radius 3 is 3.18 bits per heavy atom. The molecular weight excluding hydrogens is 236 g/mol. The molecule has 1 saturated heterocycles. The maximum atomic E-state index is 12.1. The van der Waals surface area contributed by atoms with E-state index in [4.69, 9.17) is 4.74 Å². The Hall–Kier alpha value is -0.910. The minimum Gasteiger partial charge on any atom is -0.379 e. The smallest absolute Gasteiger partial charge is 0.231 e. The van der Waals surface area contributed by atoms with E-state index in [1.165, 1.54) is 0 Å². The van der Waals surface area contributed by atoms with Crippen molar-refractivity contribution in [1.29, 1.82) is 0 Å². The van der Waals surface area contributed by atoms with Gasteiger partial charge in [-0.2, -0.15) is 11.3 Å². The number of rotatable bonds is 5. The van der Waals surface area contributed by atoms with Crippen molar-refractivity contribution in [3.05, 3.63) is 16.8 Å². The van der Waals surface area contributed by atoms with Gasteiger partial charge in [0.1, 0.15) is 0 Å².